The summed E-state index contributed by atoms with van der Waals surface area (Å²) in [5.74, 6) is -0.392. The van der Waals surface area contributed by atoms with Crippen molar-refractivity contribution in [3.05, 3.63) is 53.9 Å². The minimum absolute atomic E-state index is 0.0422. The molecule has 1 saturated heterocycles. The van der Waals surface area contributed by atoms with E-state index in [1.165, 1.54) is 18.3 Å². The number of carbonyl (C=O) groups is 2. The lowest BCUT2D eigenvalue weighted by molar-refractivity contribution is -0.137. The van der Waals surface area contributed by atoms with Crippen molar-refractivity contribution in [2.75, 3.05) is 23.3 Å². The fraction of sp³-hybridized carbons (Fsp3) is 0.278. The van der Waals surface area contributed by atoms with E-state index >= 15 is 0 Å². The zero-order valence-corrected chi connectivity index (χ0v) is 13.7. The fourth-order valence-corrected chi connectivity index (χ4v) is 2.72. The highest BCUT2D eigenvalue weighted by atomic mass is 19.4. The lowest BCUT2D eigenvalue weighted by Crippen LogP contribution is -2.33. The largest absolute Gasteiger partial charge is 0.416 e. The molecule has 0 unspecified atom stereocenters. The van der Waals surface area contributed by atoms with Crippen LogP contribution in [0, 0.1) is 0 Å². The number of nitrogens with one attached hydrogen (secondary N) is 1. The number of benzene rings is 1. The van der Waals surface area contributed by atoms with E-state index < -0.39 is 17.6 Å². The SMILES string of the molecule is O=C1CCN(c2ccnc(C(=O)Nc3cccc(C(F)(F)F)c3)c2)CC1. The number of amides is 1. The lowest BCUT2D eigenvalue weighted by Gasteiger charge is -2.28. The van der Waals surface area contributed by atoms with Gasteiger partial charge in [0, 0.05) is 43.5 Å². The van der Waals surface area contributed by atoms with Crippen molar-refractivity contribution >= 4 is 23.1 Å². The van der Waals surface area contributed by atoms with Gasteiger partial charge in [0.15, 0.2) is 0 Å². The van der Waals surface area contributed by atoms with Gasteiger partial charge in [-0.3, -0.25) is 14.6 Å². The van der Waals surface area contributed by atoms with Gasteiger partial charge in [0.2, 0.25) is 0 Å². The number of hydrogen-bond donors (Lipinski definition) is 1. The van der Waals surface area contributed by atoms with E-state index in [4.69, 9.17) is 0 Å². The number of piperidine rings is 1. The van der Waals surface area contributed by atoms with Gasteiger partial charge in [0.25, 0.3) is 5.91 Å². The molecule has 1 aromatic heterocycles. The van der Waals surface area contributed by atoms with E-state index in [0.29, 0.717) is 25.9 Å². The van der Waals surface area contributed by atoms with Crippen LogP contribution in [0.1, 0.15) is 28.9 Å². The number of ketones is 1. The van der Waals surface area contributed by atoms with E-state index in [1.807, 2.05) is 4.90 Å². The van der Waals surface area contributed by atoms with Crippen molar-refractivity contribution in [3.63, 3.8) is 0 Å². The van der Waals surface area contributed by atoms with Crippen LogP contribution in [0.3, 0.4) is 0 Å². The number of hydrogen-bond acceptors (Lipinski definition) is 4. The Hall–Kier alpha value is -2.90. The van der Waals surface area contributed by atoms with Gasteiger partial charge in [-0.25, -0.2) is 0 Å². The number of Topliss-reactive ketones (excluding diaryl/α,β-unsaturated/α-hetero) is 1. The molecular formula is C18H16F3N3O2. The predicted molar refractivity (Wildman–Crippen MR) is 90.1 cm³/mol. The lowest BCUT2D eigenvalue weighted by atomic mass is 10.1. The minimum atomic E-state index is -4.48. The van der Waals surface area contributed by atoms with Crippen LogP contribution >= 0.6 is 0 Å². The van der Waals surface area contributed by atoms with Gasteiger partial charge < -0.3 is 10.2 Å². The molecule has 8 heteroatoms. The summed E-state index contributed by atoms with van der Waals surface area (Å²) in [6.07, 6.45) is -2.11. The molecule has 1 aliphatic heterocycles. The second kappa shape index (κ2) is 7.15. The Morgan fingerprint density at radius 2 is 1.85 bits per heavy atom. The van der Waals surface area contributed by atoms with Crippen LogP contribution in [0.4, 0.5) is 24.5 Å². The van der Waals surface area contributed by atoms with Gasteiger partial charge >= 0.3 is 6.18 Å². The zero-order valence-electron chi connectivity index (χ0n) is 13.7. The fourth-order valence-electron chi connectivity index (χ4n) is 2.72. The highest BCUT2D eigenvalue weighted by Gasteiger charge is 2.30. The summed E-state index contributed by atoms with van der Waals surface area (Å²) in [7, 11) is 0. The van der Waals surface area contributed by atoms with Crippen molar-refractivity contribution in [3.8, 4) is 0 Å². The maximum absolute atomic E-state index is 12.8. The smallest absolute Gasteiger partial charge is 0.371 e. The van der Waals surface area contributed by atoms with E-state index in [0.717, 1.165) is 17.8 Å². The summed E-state index contributed by atoms with van der Waals surface area (Å²) in [5, 5.41) is 2.43. The number of alkyl halides is 3. The first kappa shape index (κ1) is 17.9. The Morgan fingerprint density at radius 1 is 1.12 bits per heavy atom. The number of anilines is 2. The Balaban J connectivity index is 1.74. The van der Waals surface area contributed by atoms with Crippen LogP contribution in [0.2, 0.25) is 0 Å². The molecule has 0 bridgehead atoms. The Kier molecular flexibility index (Phi) is 4.92. The van der Waals surface area contributed by atoms with Crippen LogP contribution in [-0.2, 0) is 11.0 Å². The molecule has 0 radical (unpaired) electrons. The molecule has 2 heterocycles. The third-order valence-corrected chi connectivity index (χ3v) is 4.11. The van der Waals surface area contributed by atoms with Gasteiger partial charge in [-0.2, -0.15) is 13.2 Å². The summed E-state index contributed by atoms with van der Waals surface area (Å²) >= 11 is 0. The van der Waals surface area contributed by atoms with E-state index in [-0.39, 0.29) is 17.2 Å². The molecule has 3 rings (SSSR count). The standard InChI is InChI=1S/C18H16F3N3O2/c19-18(20,21)12-2-1-3-13(10-12)23-17(26)16-11-14(4-7-22-16)24-8-5-15(25)6-9-24/h1-4,7,10-11H,5-6,8-9H2,(H,23,26). The maximum atomic E-state index is 12.8. The third kappa shape index (κ3) is 4.19. The highest BCUT2D eigenvalue weighted by molar-refractivity contribution is 6.03. The molecule has 0 atom stereocenters. The Bertz CT molecular complexity index is 826. The second-order valence-electron chi connectivity index (χ2n) is 5.96. The van der Waals surface area contributed by atoms with Crippen LogP contribution in [-0.4, -0.2) is 29.8 Å². The molecule has 26 heavy (non-hydrogen) atoms. The summed E-state index contributed by atoms with van der Waals surface area (Å²) < 4.78 is 38.3. The Labute approximate surface area is 147 Å². The van der Waals surface area contributed by atoms with Crippen LogP contribution in [0.5, 0.6) is 0 Å². The number of nitrogens with zero attached hydrogens (tertiary/aromatic N) is 2. The van der Waals surface area contributed by atoms with E-state index in [2.05, 4.69) is 10.3 Å². The number of pyridine rings is 1. The average molecular weight is 363 g/mol. The third-order valence-electron chi connectivity index (χ3n) is 4.11. The van der Waals surface area contributed by atoms with Gasteiger partial charge in [-0.15, -0.1) is 0 Å². The normalized spacial score (nSPS) is 15.0. The van der Waals surface area contributed by atoms with E-state index in [1.54, 1.807) is 12.1 Å². The first-order valence-corrected chi connectivity index (χ1v) is 8.04. The van der Waals surface area contributed by atoms with Crippen molar-refractivity contribution in [2.45, 2.75) is 19.0 Å². The van der Waals surface area contributed by atoms with Crippen molar-refractivity contribution in [1.29, 1.82) is 0 Å². The van der Waals surface area contributed by atoms with Crippen molar-refractivity contribution in [2.24, 2.45) is 0 Å². The second-order valence-corrected chi connectivity index (χ2v) is 5.96. The number of rotatable bonds is 3. The van der Waals surface area contributed by atoms with Crippen molar-refractivity contribution in [1.82, 2.24) is 4.98 Å². The van der Waals surface area contributed by atoms with Crippen LogP contribution in [0.25, 0.3) is 0 Å². The number of carbonyl (C=O) groups excluding carboxylic acids is 2. The maximum Gasteiger partial charge on any atom is 0.416 e. The summed E-state index contributed by atoms with van der Waals surface area (Å²) in [6, 6.07) is 7.72. The molecule has 2 aromatic rings. The molecule has 1 N–H and O–H groups in total. The van der Waals surface area contributed by atoms with Crippen LogP contribution in [0.15, 0.2) is 42.6 Å². The molecule has 136 valence electrons. The topological polar surface area (TPSA) is 62.3 Å². The molecular weight excluding hydrogens is 347 g/mol. The number of halogens is 3. The quantitative estimate of drug-likeness (QED) is 0.906. The summed E-state index contributed by atoms with van der Waals surface area (Å²) in [4.78, 5) is 29.6. The van der Waals surface area contributed by atoms with Gasteiger partial charge in [0.1, 0.15) is 11.5 Å². The first-order valence-electron chi connectivity index (χ1n) is 8.04. The molecule has 1 amide bonds. The van der Waals surface area contributed by atoms with Gasteiger partial charge in [0.05, 0.1) is 5.56 Å². The molecule has 1 aromatic carbocycles. The van der Waals surface area contributed by atoms with Gasteiger partial charge in [-0.1, -0.05) is 6.07 Å². The van der Waals surface area contributed by atoms with Gasteiger partial charge in [-0.05, 0) is 30.3 Å². The molecule has 0 spiro atoms. The molecule has 1 fully saturated rings. The zero-order chi connectivity index (χ0) is 18.7. The van der Waals surface area contributed by atoms with Crippen molar-refractivity contribution < 1.29 is 22.8 Å². The molecule has 5 nitrogen and oxygen atoms in total. The first-order chi connectivity index (χ1) is 12.3. The molecule has 0 saturated carbocycles. The average Bonchev–Trinajstić information content (AvgIpc) is 2.62. The minimum Gasteiger partial charge on any atom is -0.371 e. The molecule has 1 aliphatic rings. The predicted octanol–water partition coefficient (Wildman–Crippen LogP) is 3.52. The van der Waals surface area contributed by atoms with Crippen LogP contribution < -0.4 is 10.2 Å². The number of aromatic nitrogens is 1. The summed E-state index contributed by atoms with van der Waals surface area (Å²) in [6.45, 7) is 1.13. The monoisotopic (exact) mass is 363 g/mol. The van der Waals surface area contributed by atoms with E-state index in [9.17, 15) is 22.8 Å². The molecule has 0 aliphatic carbocycles. The highest BCUT2D eigenvalue weighted by Crippen LogP contribution is 2.30. The summed E-state index contributed by atoms with van der Waals surface area (Å²) in [5.41, 5.74) is 0.0501. The Morgan fingerprint density at radius 3 is 2.54 bits per heavy atom.